The van der Waals surface area contributed by atoms with Crippen molar-refractivity contribution in [1.82, 2.24) is 56.6 Å². The van der Waals surface area contributed by atoms with Crippen molar-refractivity contribution in [2.75, 3.05) is 117 Å². The van der Waals surface area contributed by atoms with Crippen molar-refractivity contribution in [2.24, 2.45) is 67.9 Å². The number of aryl methyl sites for hydroxylation is 1. The number of hydrogen-bond donors (Lipinski definition) is 16. The average Bonchev–Trinajstić information content (AvgIpc) is 1.64. The molecular formula is C85H130N20O23S. The van der Waals surface area contributed by atoms with Crippen molar-refractivity contribution >= 4 is 118 Å². The minimum absolute atomic E-state index is 0.00673. The van der Waals surface area contributed by atoms with Crippen LogP contribution in [0.4, 0.5) is 4.79 Å². The van der Waals surface area contributed by atoms with Crippen LogP contribution >= 0.6 is 12.6 Å². The molecule has 0 radical (unpaired) electrons. The molecule has 3 aromatic rings. The van der Waals surface area contributed by atoms with Gasteiger partial charge >= 0.3 is 18.0 Å². The zero-order chi connectivity index (χ0) is 94.3. The van der Waals surface area contributed by atoms with Crippen LogP contribution in [0.2, 0.25) is 0 Å². The number of esters is 2. The van der Waals surface area contributed by atoms with Gasteiger partial charge in [-0.15, -0.1) is 0 Å². The number of nitrogens with zero attached hydrogens (tertiary/aromatic N) is 6. The van der Waals surface area contributed by atoms with Crippen molar-refractivity contribution in [2.45, 2.75) is 218 Å². The number of amides is 9. The van der Waals surface area contributed by atoms with E-state index in [9.17, 15) is 77.2 Å². The Kier molecular flexibility index (Phi) is 44.0. The van der Waals surface area contributed by atoms with Crippen molar-refractivity contribution in [3.8, 4) is 17.1 Å². The summed E-state index contributed by atoms with van der Waals surface area (Å²) in [5.41, 5.74) is 39.6. The maximum absolute atomic E-state index is 14.7. The highest BCUT2D eigenvalue weighted by atomic mass is 32.1. The number of cyclic esters (lactones) is 1. The van der Waals surface area contributed by atoms with Gasteiger partial charge in [0.15, 0.2) is 29.3 Å². The molecule has 129 heavy (non-hydrogen) atoms. The van der Waals surface area contributed by atoms with Crippen LogP contribution in [0.1, 0.15) is 178 Å². The molecule has 2 saturated heterocycles. The highest BCUT2D eigenvalue weighted by molar-refractivity contribution is 7.80. The van der Waals surface area contributed by atoms with Crippen LogP contribution in [-0.2, 0) is 116 Å². The van der Waals surface area contributed by atoms with Gasteiger partial charge in [-0.25, -0.2) is 19.5 Å². The summed E-state index contributed by atoms with van der Waals surface area (Å²) in [6.07, 6.45) is 2.48. The first-order valence-corrected chi connectivity index (χ1v) is 44.8. The topological polar surface area (TPSA) is 656 Å². The summed E-state index contributed by atoms with van der Waals surface area (Å²) in [4.78, 5) is 228. The van der Waals surface area contributed by atoms with E-state index in [-0.39, 0.29) is 146 Å². The number of benzene rings is 1. The summed E-state index contributed by atoms with van der Waals surface area (Å²) in [5, 5.41) is 28.7. The number of Topliss-reactive ketones (excluding diaryl/α,β-unsaturated/α-hetero) is 3. The second-order valence-electron chi connectivity index (χ2n) is 32.3. The molecule has 0 aliphatic carbocycles. The van der Waals surface area contributed by atoms with Gasteiger partial charge in [0, 0.05) is 112 Å². The smallest absolute Gasteiger partial charge is 0.415 e. The molecule has 714 valence electrons. The van der Waals surface area contributed by atoms with Crippen LogP contribution in [0.25, 0.3) is 22.3 Å². The van der Waals surface area contributed by atoms with Gasteiger partial charge in [-0.05, 0) is 166 Å². The lowest BCUT2D eigenvalue weighted by molar-refractivity contribution is -0.277. The number of thiol groups is 1. The summed E-state index contributed by atoms with van der Waals surface area (Å²) in [5.74, 6) is -14.8. The molecule has 22 N–H and O–H groups in total. The van der Waals surface area contributed by atoms with Crippen LogP contribution in [0.15, 0.2) is 39.0 Å². The fraction of sp³-hybridized carbons (Fsp3) is 0.647. The second kappa shape index (κ2) is 53.9. The lowest BCUT2D eigenvalue weighted by Crippen LogP contribution is -2.52. The molecule has 9 amide bonds. The highest BCUT2D eigenvalue weighted by Crippen LogP contribution is 2.43. The summed E-state index contributed by atoms with van der Waals surface area (Å²) in [6.45, 7) is 7.91. The van der Waals surface area contributed by atoms with E-state index < -0.39 is 194 Å². The molecule has 1 aromatic carbocycles. The maximum Gasteiger partial charge on any atom is 0.415 e. The number of aromatic nitrogens is 2. The molecule has 0 saturated carbocycles. The Morgan fingerprint density at radius 1 is 0.659 bits per heavy atom. The number of piperidine rings is 2. The second-order valence-corrected chi connectivity index (χ2v) is 32.7. The fourth-order valence-corrected chi connectivity index (χ4v) is 16.2. The number of fused-ring (bicyclic) bond motifs is 5. The number of nitrogens with two attached hydrogens (primary N) is 7. The number of carbonyl (C=O) groups excluding carboxylic acids is 14. The molecule has 1 unspecified atom stereocenters. The first-order valence-electron chi connectivity index (χ1n) is 44.2. The number of rotatable bonds is 58. The number of guanidine groups is 2. The molecule has 2 fully saturated rings. The predicted molar refractivity (Wildman–Crippen MR) is 475 cm³/mol. The van der Waals surface area contributed by atoms with E-state index >= 15 is 0 Å². The van der Waals surface area contributed by atoms with Gasteiger partial charge in [0.2, 0.25) is 52.9 Å². The third kappa shape index (κ3) is 32.3. The Labute approximate surface area is 753 Å². The van der Waals surface area contributed by atoms with E-state index in [4.69, 9.17) is 73.5 Å². The number of likely N-dealkylation sites (tertiary alicyclic amines) is 2. The monoisotopic (exact) mass is 1830 g/mol. The van der Waals surface area contributed by atoms with Crippen LogP contribution in [0.5, 0.6) is 5.75 Å². The van der Waals surface area contributed by atoms with Gasteiger partial charge in [-0.3, -0.25) is 77.6 Å². The SMILES string of the molecule is CCOCCOCC(=O)NCCCC[C@H](NC(=O)COCCNC(=O)[C@H](CCCN=C(N)N)CC(=O)[C@@H](NC(=O)[C@H](CCCN=C(N)N)CC(=O)[C@H](CCCCN)NC(=O)[C@H](CC(N)=O)CC(=O)CNC(=O)[C@H](N)CS)C(C)OO)C(=O)NCC(=O)O[C@]1(CC)C(=O)OCc2c1cc1n(c2=O)Cc2c-1nc1ccc(OC(=O)N3CCC(N4CCCCC4)CC3)cc1c2CC. The summed E-state index contributed by atoms with van der Waals surface area (Å²) in [7, 11) is 0. The van der Waals surface area contributed by atoms with Crippen LogP contribution in [0, 0.1) is 17.8 Å². The summed E-state index contributed by atoms with van der Waals surface area (Å²) >= 11 is 3.97. The quantitative estimate of drug-likeness (QED) is 0.00468. The summed E-state index contributed by atoms with van der Waals surface area (Å²) < 4.78 is 35.4. The van der Waals surface area contributed by atoms with Gasteiger partial charge < -0.3 is 120 Å². The van der Waals surface area contributed by atoms with Crippen molar-refractivity contribution < 1.29 is 106 Å². The molecule has 43 nitrogen and oxygen atoms in total. The summed E-state index contributed by atoms with van der Waals surface area (Å²) in [6, 6.07) is 1.81. The highest BCUT2D eigenvalue weighted by Gasteiger charge is 2.51. The first-order chi connectivity index (χ1) is 61.8. The molecular weight excluding hydrogens is 1700 g/mol. The molecule has 0 spiro atoms. The Morgan fingerprint density at radius 3 is 1.95 bits per heavy atom. The third-order valence-corrected chi connectivity index (χ3v) is 23.4. The van der Waals surface area contributed by atoms with Crippen LogP contribution in [0.3, 0.4) is 0 Å². The number of unbranched alkanes of at least 4 members (excludes halogenated alkanes) is 2. The van der Waals surface area contributed by atoms with Gasteiger partial charge in [0.1, 0.15) is 50.3 Å². The average molecular weight is 1830 g/mol. The fourth-order valence-electron chi connectivity index (χ4n) is 16.0. The molecule has 0 bridgehead atoms. The number of nitrogens with one attached hydrogen (secondary N) is 7. The Morgan fingerprint density at radius 2 is 1.30 bits per heavy atom. The Bertz CT molecular complexity index is 4500. The Balaban J connectivity index is 1.00. The van der Waals surface area contributed by atoms with E-state index in [1.807, 2.05) is 13.8 Å². The molecule has 4 aliphatic rings. The van der Waals surface area contributed by atoms with E-state index in [1.165, 1.54) is 30.8 Å². The predicted octanol–water partition coefficient (Wildman–Crippen LogP) is -1.23. The van der Waals surface area contributed by atoms with Crippen LogP contribution < -0.4 is 87.6 Å². The zero-order valence-electron chi connectivity index (χ0n) is 74.1. The van der Waals surface area contributed by atoms with Gasteiger partial charge in [0.25, 0.3) is 5.56 Å². The number of aliphatic imine (C=N–C) groups is 2. The van der Waals surface area contributed by atoms with Gasteiger partial charge in [-0.1, -0.05) is 20.3 Å². The largest absolute Gasteiger partial charge is 0.457 e. The third-order valence-electron chi connectivity index (χ3n) is 23.0. The van der Waals surface area contributed by atoms with Crippen molar-refractivity contribution in [1.29, 1.82) is 0 Å². The van der Waals surface area contributed by atoms with Crippen molar-refractivity contribution in [3.05, 3.63) is 56.9 Å². The van der Waals surface area contributed by atoms with E-state index in [2.05, 4.69) is 69.6 Å². The van der Waals surface area contributed by atoms with E-state index in [1.54, 1.807) is 36.1 Å². The lowest BCUT2D eigenvalue weighted by Gasteiger charge is -2.39. The van der Waals surface area contributed by atoms with E-state index in [0.29, 0.717) is 74.3 Å². The molecule has 2 aromatic heterocycles. The molecule has 4 aliphatic heterocycles. The minimum Gasteiger partial charge on any atom is -0.457 e. The van der Waals surface area contributed by atoms with Gasteiger partial charge in [0.05, 0.1) is 73.4 Å². The lowest BCUT2D eigenvalue weighted by atomic mass is 9.85. The molecule has 9 atom stereocenters. The van der Waals surface area contributed by atoms with Gasteiger partial charge in [-0.2, -0.15) is 12.6 Å². The zero-order valence-corrected chi connectivity index (χ0v) is 75.0. The minimum atomic E-state index is -2.19. The molecule has 6 heterocycles. The molecule has 7 rings (SSSR count). The number of carbonyl (C=O) groups is 14. The van der Waals surface area contributed by atoms with Crippen LogP contribution in [-0.4, -0.2) is 273 Å². The van der Waals surface area contributed by atoms with Crippen molar-refractivity contribution in [3.63, 3.8) is 0 Å². The normalized spacial score (nSPS) is 16.7. The first kappa shape index (κ1) is 105. The Hall–Kier alpha value is -10.9. The number of ketones is 3. The standard InChI is InChI=1S/C85H130N20O23S/c1-5-57-58-41-56(126-84(120)104-32-23-54(24-33-104)103-30-13-8-14-31-103)21-22-63(58)100-74-59(57)45-105-66(74)42-61-60(80(105)118)46-125-81(119)85(61,6-2)127-72(112)44-98-79(117)65(20-10-12-26-93-70(110)47-124-36-35-122-7-3)99-71(111)48-123-34-29-94-75(113)51(17-15-27-95-82(89)90)39-68(108)73(50(4)128-121)102-76(114)52(18-16-28-96-83(91)92)38-67(107)64(19-9-11-25-86)101-77(115)53(40-69(88)109)37-55(106)43-97-78(116)62(87)49-129/h21-22,41-42,50-54,62,64-65,73,121,129H,5-20,23-40,43-49,86-87H2,1-4H3,(H2,88,109)(H,93,110)(H,94,113)(H,97,116)(H,98,117)(H,99,111)(H,101,115)(H,102,114)(H4,89,90,95)(H4,91,92,96)/t50?,51-,52-,53+,62-,64+,65+,73+,85+/m1/s1. The number of primary amides is 1. The number of hydrogen-bond acceptors (Lipinski definition) is 30. The number of pyridine rings is 2. The van der Waals surface area contributed by atoms with E-state index in [0.717, 1.165) is 42.4 Å². The molecule has 44 heteroatoms. The number of ether oxygens (including phenoxy) is 6. The maximum atomic E-state index is 14.7.